The number of carbonyl (C=O) groups is 1. The summed E-state index contributed by atoms with van der Waals surface area (Å²) >= 11 is 0. The molecule has 4 nitrogen and oxygen atoms in total. The van der Waals surface area contributed by atoms with Gasteiger partial charge in [0.2, 0.25) is 5.91 Å². The predicted molar refractivity (Wildman–Crippen MR) is 47.8 cm³/mol. The third kappa shape index (κ3) is 3.69. The fourth-order valence-corrected chi connectivity index (χ4v) is 0.914. The van der Waals surface area contributed by atoms with Gasteiger partial charge in [-0.3, -0.25) is 4.79 Å². The molecule has 0 aliphatic carbocycles. The molecule has 0 saturated heterocycles. The van der Waals surface area contributed by atoms with Gasteiger partial charge in [-0.25, -0.2) is 0 Å². The van der Waals surface area contributed by atoms with E-state index in [4.69, 9.17) is 10.5 Å². The maximum Gasteiger partial charge on any atom is 0.239 e. The maximum absolute atomic E-state index is 11.3. The van der Waals surface area contributed by atoms with Gasteiger partial charge in [-0.05, 0) is 13.8 Å². The Labute approximate surface area is 73.7 Å². The Kier molecular flexibility index (Phi) is 5.66. The van der Waals surface area contributed by atoms with E-state index in [1.54, 1.807) is 18.9 Å². The summed E-state index contributed by atoms with van der Waals surface area (Å²) in [4.78, 5) is 13.0. The van der Waals surface area contributed by atoms with Crippen LogP contribution in [0.5, 0.6) is 0 Å². The first-order valence-corrected chi connectivity index (χ1v) is 4.16. The van der Waals surface area contributed by atoms with Crippen LogP contribution in [0.1, 0.15) is 13.8 Å². The van der Waals surface area contributed by atoms with Crippen molar-refractivity contribution in [2.45, 2.75) is 19.9 Å². The van der Waals surface area contributed by atoms with Crippen LogP contribution in [-0.4, -0.2) is 43.7 Å². The molecule has 0 heterocycles. The summed E-state index contributed by atoms with van der Waals surface area (Å²) in [6.45, 7) is 5.48. The van der Waals surface area contributed by atoms with E-state index in [-0.39, 0.29) is 5.91 Å². The lowest BCUT2D eigenvalue weighted by Gasteiger charge is -2.22. The Hall–Kier alpha value is -0.610. The molecule has 0 bridgehead atoms. The molecule has 0 aromatic carbocycles. The fourth-order valence-electron chi connectivity index (χ4n) is 0.914. The van der Waals surface area contributed by atoms with Gasteiger partial charge in [-0.1, -0.05) is 0 Å². The molecule has 0 saturated carbocycles. The van der Waals surface area contributed by atoms with Crippen LogP contribution in [0, 0.1) is 0 Å². The summed E-state index contributed by atoms with van der Waals surface area (Å²) < 4.78 is 4.87. The summed E-state index contributed by atoms with van der Waals surface area (Å²) in [5, 5.41) is 0. The Morgan fingerprint density at radius 2 is 2.25 bits per heavy atom. The summed E-state index contributed by atoms with van der Waals surface area (Å²) in [5.41, 5.74) is 5.45. The third-order valence-electron chi connectivity index (χ3n) is 1.65. The number of hydrogen-bond donors (Lipinski definition) is 1. The van der Waals surface area contributed by atoms with Gasteiger partial charge < -0.3 is 15.4 Å². The quantitative estimate of drug-likeness (QED) is 0.629. The van der Waals surface area contributed by atoms with Crippen LogP contribution in [0.25, 0.3) is 0 Å². The van der Waals surface area contributed by atoms with Gasteiger partial charge in [-0.15, -0.1) is 0 Å². The molecule has 0 fully saturated rings. The number of nitrogens with zero attached hydrogens (tertiary/aromatic N) is 1. The van der Waals surface area contributed by atoms with E-state index in [0.29, 0.717) is 19.7 Å². The number of amides is 1. The molecular weight excluding hydrogens is 156 g/mol. The van der Waals surface area contributed by atoms with E-state index in [1.165, 1.54) is 0 Å². The van der Waals surface area contributed by atoms with Crippen molar-refractivity contribution in [3.8, 4) is 0 Å². The van der Waals surface area contributed by atoms with Crippen molar-refractivity contribution < 1.29 is 9.53 Å². The summed E-state index contributed by atoms with van der Waals surface area (Å²) in [5.74, 6) is -0.0189. The number of carbonyl (C=O) groups excluding carboxylic acids is 1. The highest BCUT2D eigenvalue weighted by atomic mass is 16.5. The van der Waals surface area contributed by atoms with Crippen molar-refractivity contribution in [2.75, 3.05) is 26.8 Å². The average molecular weight is 174 g/mol. The van der Waals surface area contributed by atoms with Crippen molar-refractivity contribution in [1.29, 1.82) is 0 Å². The Morgan fingerprint density at radius 3 is 2.58 bits per heavy atom. The first kappa shape index (κ1) is 11.4. The summed E-state index contributed by atoms with van der Waals surface area (Å²) in [6, 6.07) is -0.415. The second kappa shape index (κ2) is 5.97. The van der Waals surface area contributed by atoms with E-state index in [9.17, 15) is 4.79 Å². The van der Waals surface area contributed by atoms with E-state index in [2.05, 4.69) is 0 Å². The Bertz CT molecular complexity index is 137. The average Bonchev–Trinajstić information content (AvgIpc) is 2.05. The van der Waals surface area contributed by atoms with Crippen LogP contribution in [0.4, 0.5) is 0 Å². The standard InChI is InChI=1S/C8H18N2O2/c1-4-10(5-6-12-3)8(11)7(2)9/h7H,4-6,9H2,1-3H3/t7-/m1/s1. The Morgan fingerprint density at radius 1 is 1.67 bits per heavy atom. The van der Waals surface area contributed by atoms with Gasteiger partial charge in [0.05, 0.1) is 12.6 Å². The van der Waals surface area contributed by atoms with Crippen LogP contribution in [0.2, 0.25) is 0 Å². The maximum atomic E-state index is 11.3. The summed E-state index contributed by atoms with van der Waals surface area (Å²) in [7, 11) is 1.62. The van der Waals surface area contributed by atoms with Crippen LogP contribution < -0.4 is 5.73 Å². The Balaban J connectivity index is 3.88. The monoisotopic (exact) mass is 174 g/mol. The lowest BCUT2D eigenvalue weighted by Crippen LogP contribution is -2.43. The van der Waals surface area contributed by atoms with Crippen LogP contribution >= 0.6 is 0 Å². The van der Waals surface area contributed by atoms with Gasteiger partial charge in [0.25, 0.3) is 0 Å². The van der Waals surface area contributed by atoms with Gasteiger partial charge >= 0.3 is 0 Å². The fraction of sp³-hybridized carbons (Fsp3) is 0.875. The number of ether oxygens (including phenoxy) is 1. The lowest BCUT2D eigenvalue weighted by atomic mass is 10.3. The molecule has 12 heavy (non-hydrogen) atoms. The zero-order chi connectivity index (χ0) is 9.56. The minimum atomic E-state index is -0.415. The smallest absolute Gasteiger partial charge is 0.239 e. The molecule has 0 aliphatic rings. The predicted octanol–water partition coefficient (Wildman–Crippen LogP) is -0.171. The largest absolute Gasteiger partial charge is 0.383 e. The molecule has 1 atom stereocenters. The minimum absolute atomic E-state index is 0.0189. The third-order valence-corrected chi connectivity index (χ3v) is 1.65. The van der Waals surface area contributed by atoms with Crippen molar-refractivity contribution in [3.63, 3.8) is 0 Å². The van der Waals surface area contributed by atoms with Gasteiger partial charge in [0.15, 0.2) is 0 Å². The SMILES string of the molecule is CCN(CCOC)C(=O)[C@@H](C)N. The second-order valence-electron chi connectivity index (χ2n) is 2.70. The number of rotatable bonds is 5. The highest BCUT2D eigenvalue weighted by Crippen LogP contribution is 1.92. The molecule has 0 rings (SSSR count). The molecule has 0 aromatic heterocycles. The normalized spacial score (nSPS) is 12.7. The molecule has 0 aromatic rings. The van der Waals surface area contributed by atoms with Gasteiger partial charge in [0, 0.05) is 20.2 Å². The van der Waals surface area contributed by atoms with Gasteiger partial charge in [0.1, 0.15) is 0 Å². The molecule has 2 N–H and O–H groups in total. The van der Waals surface area contributed by atoms with Crippen molar-refractivity contribution in [1.82, 2.24) is 4.90 Å². The zero-order valence-corrected chi connectivity index (χ0v) is 8.04. The molecule has 4 heteroatoms. The lowest BCUT2D eigenvalue weighted by molar-refractivity contribution is -0.132. The van der Waals surface area contributed by atoms with Crippen LogP contribution in [-0.2, 0) is 9.53 Å². The van der Waals surface area contributed by atoms with E-state index in [1.807, 2.05) is 6.92 Å². The van der Waals surface area contributed by atoms with Crippen LogP contribution in [0.15, 0.2) is 0 Å². The minimum Gasteiger partial charge on any atom is -0.383 e. The van der Waals surface area contributed by atoms with Crippen LogP contribution in [0.3, 0.4) is 0 Å². The van der Waals surface area contributed by atoms with Crippen molar-refractivity contribution in [2.24, 2.45) is 5.73 Å². The first-order valence-electron chi connectivity index (χ1n) is 4.16. The topological polar surface area (TPSA) is 55.6 Å². The number of hydrogen-bond acceptors (Lipinski definition) is 3. The van der Waals surface area contributed by atoms with Gasteiger partial charge in [-0.2, -0.15) is 0 Å². The van der Waals surface area contributed by atoms with Crippen molar-refractivity contribution in [3.05, 3.63) is 0 Å². The number of methoxy groups -OCH3 is 1. The molecule has 0 aliphatic heterocycles. The highest BCUT2D eigenvalue weighted by molar-refractivity contribution is 5.81. The second-order valence-corrected chi connectivity index (χ2v) is 2.70. The molecular formula is C8H18N2O2. The molecule has 0 spiro atoms. The van der Waals surface area contributed by atoms with Crippen molar-refractivity contribution >= 4 is 5.91 Å². The first-order chi connectivity index (χ1) is 5.63. The van der Waals surface area contributed by atoms with E-state index < -0.39 is 6.04 Å². The highest BCUT2D eigenvalue weighted by Gasteiger charge is 2.14. The van der Waals surface area contributed by atoms with E-state index in [0.717, 1.165) is 0 Å². The molecule has 1 amide bonds. The number of likely N-dealkylation sites (N-methyl/N-ethyl adjacent to an activating group) is 1. The molecule has 0 radical (unpaired) electrons. The van der Waals surface area contributed by atoms with E-state index >= 15 is 0 Å². The molecule has 72 valence electrons. The summed E-state index contributed by atoms with van der Waals surface area (Å²) in [6.07, 6.45) is 0. The zero-order valence-electron chi connectivity index (χ0n) is 8.04. The number of nitrogens with two attached hydrogens (primary N) is 1. The molecule has 0 unspecified atom stereocenters.